The molecule has 0 bridgehead atoms. The molecule has 206 valence electrons. The van der Waals surface area contributed by atoms with E-state index in [4.69, 9.17) is 0 Å². The fourth-order valence-electron chi connectivity index (χ4n) is 4.96. The zero-order valence-corrected chi connectivity index (χ0v) is 22.6. The highest BCUT2D eigenvalue weighted by atomic mass is 32.2. The Hall–Kier alpha value is -3.67. The molecule has 0 unspecified atom stereocenters. The number of hydrogen-bond donors (Lipinski definition) is 1. The molecule has 2 atom stereocenters. The monoisotopic (exact) mass is 559 g/mol. The molecule has 3 aromatic heterocycles. The van der Waals surface area contributed by atoms with Gasteiger partial charge in [-0.3, -0.25) is 0 Å². The highest BCUT2D eigenvalue weighted by molar-refractivity contribution is 7.90. The summed E-state index contributed by atoms with van der Waals surface area (Å²) in [5, 5.41) is 5.09. The highest BCUT2D eigenvalue weighted by Gasteiger charge is 2.38. The van der Waals surface area contributed by atoms with Gasteiger partial charge in [-0.25, -0.2) is 23.4 Å². The number of benzene rings is 1. The van der Waals surface area contributed by atoms with Gasteiger partial charge in [-0.15, -0.1) is 0 Å². The number of alkyl halides is 3. The number of anilines is 3. The lowest BCUT2D eigenvalue weighted by Gasteiger charge is -2.48. The third-order valence-electron chi connectivity index (χ3n) is 7.01. The van der Waals surface area contributed by atoms with Gasteiger partial charge >= 0.3 is 6.18 Å². The average molecular weight is 560 g/mol. The van der Waals surface area contributed by atoms with Gasteiger partial charge < -0.3 is 14.6 Å². The Labute approximate surface area is 224 Å². The van der Waals surface area contributed by atoms with Crippen LogP contribution in [0, 0.1) is 5.92 Å². The molecule has 0 radical (unpaired) electrons. The third-order valence-corrected chi connectivity index (χ3v) is 8.05. The van der Waals surface area contributed by atoms with Gasteiger partial charge in [0.25, 0.3) is 0 Å². The molecule has 39 heavy (non-hydrogen) atoms. The number of furan rings is 1. The van der Waals surface area contributed by atoms with Crippen LogP contribution in [-0.4, -0.2) is 48.0 Å². The van der Waals surface area contributed by atoms with Crippen molar-refractivity contribution in [1.82, 2.24) is 15.0 Å². The topological polar surface area (TPSA) is 101 Å². The quantitative estimate of drug-likeness (QED) is 0.293. The van der Waals surface area contributed by atoms with Crippen LogP contribution in [0.2, 0.25) is 0 Å². The van der Waals surface area contributed by atoms with Gasteiger partial charge in [0.2, 0.25) is 5.76 Å². The SMILES string of the molecule is CC(C)c1ccc(N2C[C@H](CS(C)(=O)=O)[C@H]2C)c2cnc(Nc3ccnc(-c4coc(C(F)(F)F)c4)n3)cc12. The summed E-state index contributed by atoms with van der Waals surface area (Å²) in [6.07, 6.45) is 0.872. The van der Waals surface area contributed by atoms with Crippen LogP contribution in [0.25, 0.3) is 22.2 Å². The number of sulfone groups is 1. The maximum absolute atomic E-state index is 12.9. The molecule has 4 aromatic rings. The molecule has 8 nitrogen and oxygen atoms in total. The number of pyridine rings is 1. The van der Waals surface area contributed by atoms with Crippen LogP contribution in [-0.2, 0) is 16.0 Å². The molecular formula is C27H28F3N5O3S. The lowest BCUT2D eigenvalue weighted by molar-refractivity contribution is -0.153. The van der Waals surface area contributed by atoms with Crippen molar-refractivity contribution in [2.75, 3.05) is 28.8 Å². The Morgan fingerprint density at radius 1 is 1.13 bits per heavy atom. The summed E-state index contributed by atoms with van der Waals surface area (Å²) in [5.74, 6) is 0.314. The summed E-state index contributed by atoms with van der Waals surface area (Å²) < 4.78 is 67.0. The fraction of sp³-hybridized carbons (Fsp3) is 0.370. The summed E-state index contributed by atoms with van der Waals surface area (Å²) in [6.45, 7) is 6.90. The summed E-state index contributed by atoms with van der Waals surface area (Å²) in [4.78, 5) is 15.2. The first-order chi connectivity index (χ1) is 18.3. The van der Waals surface area contributed by atoms with Gasteiger partial charge in [0.1, 0.15) is 27.7 Å². The Morgan fingerprint density at radius 2 is 1.90 bits per heavy atom. The van der Waals surface area contributed by atoms with Gasteiger partial charge in [-0.2, -0.15) is 13.2 Å². The number of hydrogen-bond acceptors (Lipinski definition) is 8. The van der Waals surface area contributed by atoms with Gasteiger partial charge in [0, 0.05) is 54.3 Å². The Morgan fingerprint density at radius 3 is 2.54 bits per heavy atom. The average Bonchev–Trinajstić information content (AvgIpc) is 3.36. The van der Waals surface area contributed by atoms with Crippen molar-refractivity contribution < 1.29 is 26.0 Å². The zero-order chi connectivity index (χ0) is 28.1. The van der Waals surface area contributed by atoms with Crippen molar-refractivity contribution in [2.45, 2.75) is 38.9 Å². The minimum Gasteiger partial charge on any atom is -0.459 e. The number of nitrogens with one attached hydrogen (secondary N) is 1. The second kappa shape index (κ2) is 9.82. The van der Waals surface area contributed by atoms with Crippen LogP contribution in [0.15, 0.2) is 53.4 Å². The predicted molar refractivity (Wildman–Crippen MR) is 144 cm³/mol. The molecule has 4 heterocycles. The third kappa shape index (κ3) is 5.56. The second-order valence-electron chi connectivity index (χ2n) is 10.3. The summed E-state index contributed by atoms with van der Waals surface area (Å²) in [7, 11) is -3.06. The fourth-order valence-corrected chi connectivity index (χ4v) is 6.12. The van der Waals surface area contributed by atoms with Crippen LogP contribution < -0.4 is 10.2 Å². The van der Waals surface area contributed by atoms with E-state index in [0.29, 0.717) is 18.2 Å². The summed E-state index contributed by atoms with van der Waals surface area (Å²) in [6, 6.07) is 8.61. The van der Waals surface area contributed by atoms with Crippen LogP contribution >= 0.6 is 0 Å². The van der Waals surface area contributed by atoms with Crippen molar-refractivity contribution >= 4 is 37.9 Å². The number of nitrogens with zero attached hydrogens (tertiary/aromatic N) is 4. The standard InChI is InChI=1S/C27H28F3N5O3S/c1-15(2)19-5-6-22(35-12-18(16(35)3)14-39(4,36)37)21-11-32-25(10-20(19)21)33-24-7-8-31-26(34-24)17-9-23(38-13-17)27(28,29)30/h5-11,13,15-16,18H,12,14H2,1-4H3,(H,31,32,33,34)/t16-,18-/m1/s1. The smallest absolute Gasteiger partial charge is 0.449 e. The maximum atomic E-state index is 12.9. The van der Waals surface area contributed by atoms with E-state index < -0.39 is 21.8 Å². The molecule has 1 aliphatic heterocycles. The Kier molecular flexibility index (Phi) is 6.78. The first-order valence-electron chi connectivity index (χ1n) is 12.4. The van der Waals surface area contributed by atoms with Crippen LogP contribution in [0.5, 0.6) is 0 Å². The minimum atomic E-state index is -4.60. The molecule has 1 fully saturated rings. The molecule has 0 aliphatic carbocycles. The van der Waals surface area contributed by atoms with E-state index in [9.17, 15) is 21.6 Å². The lowest BCUT2D eigenvalue weighted by Crippen LogP contribution is -2.57. The van der Waals surface area contributed by atoms with E-state index in [1.807, 2.05) is 13.0 Å². The van der Waals surface area contributed by atoms with Crippen LogP contribution in [0.4, 0.5) is 30.5 Å². The van der Waals surface area contributed by atoms with Crippen molar-refractivity contribution in [3.63, 3.8) is 0 Å². The lowest BCUT2D eigenvalue weighted by atomic mass is 9.88. The van der Waals surface area contributed by atoms with Crippen molar-refractivity contribution in [1.29, 1.82) is 0 Å². The normalized spacial score (nSPS) is 18.0. The van der Waals surface area contributed by atoms with E-state index in [1.54, 1.807) is 12.3 Å². The molecule has 12 heteroatoms. The van der Waals surface area contributed by atoms with Gasteiger partial charge in [0.15, 0.2) is 5.82 Å². The van der Waals surface area contributed by atoms with E-state index >= 15 is 0 Å². The van der Waals surface area contributed by atoms with E-state index in [0.717, 1.165) is 34.4 Å². The number of aromatic nitrogens is 3. The molecule has 0 amide bonds. The van der Waals surface area contributed by atoms with Crippen LogP contribution in [0.1, 0.15) is 38.0 Å². The zero-order valence-electron chi connectivity index (χ0n) is 21.8. The maximum Gasteiger partial charge on any atom is 0.449 e. The van der Waals surface area contributed by atoms with E-state index in [1.165, 1.54) is 12.5 Å². The van der Waals surface area contributed by atoms with Crippen molar-refractivity contribution in [3.8, 4) is 11.4 Å². The number of rotatable bonds is 7. The Bertz CT molecular complexity index is 1640. The molecule has 1 aliphatic rings. The van der Waals surface area contributed by atoms with Gasteiger partial charge in [-0.05, 0) is 42.0 Å². The van der Waals surface area contributed by atoms with Gasteiger partial charge in [-0.1, -0.05) is 19.9 Å². The molecule has 1 N–H and O–H groups in total. The van der Waals surface area contributed by atoms with Crippen molar-refractivity contribution in [3.05, 3.63) is 60.3 Å². The molecule has 1 aromatic carbocycles. The number of fused-ring (bicyclic) bond motifs is 1. The molecule has 5 rings (SSSR count). The van der Waals surface area contributed by atoms with E-state index in [-0.39, 0.29) is 35.0 Å². The molecular weight excluding hydrogens is 531 g/mol. The first-order valence-corrected chi connectivity index (χ1v) is 14.5. The molecule has 0 saturated carbocycles. The summed E-state index contributed by atoms with van der Waals surface area (Å²) >= 11 is 0. The number of halogens is 3. The second-order valence-corrected chi connectivity index (χ2v) is 12.5. The van der Waals surface area contributed by atoms with Gasteiger partial charge in [0.05, 0.1) is 11.3 Å². The highest BCUT2D eigenvalue weighted by Crippen LogP contribution is 2.40. The molecule has 1 saturated heterocycles. The first kappa shape index (κ1) is 26.9. The van der Waals surface area contributed by atoms with E-state index in [2.05, 4.69) is 55.6 Å². The largest absolute Gasteiger partial charge is 0.459 e. The minimum absolute atomic E-state index is 0.0723. The Balaban J connectivity index is 1.44. The van der Waals surface area contributed by atoms with Crippen molar-refractivity contribution in [2.24, 2.45) is 5.92 Å². The molecule has 0 spiro atoms. The van der Waals surface area contributed by atoms with Crippen LogP contribution in [0.3, 0.4) is 0 Å². The summed E-state index contributed by atoms with van der Waals surface area (Å²) in [5.41, 5.74) is 2.24. The predicted octanol–water partition coefficient (Wildman–Crippen LogP) is 6.04.